The van der Waals surface area contributed by atoms with Crippen LogP contribution in [0.2, 0.25) is 0 Å². The number of carbonyl (C=O) groups excluding carboxylic acids is 1. The van der Waals surface area contributed by atoms with Crippen molar-refractivity contribution < 1.29 is 13.9 Å². The van der Waals surface area contributed by atoms with Crippen LogP contribution in [0.5, 0.6) is 0 Å². The van der Waals surface area contributed by atoms with Gasteiger partial charge in [-0.3, -0.25) is 4.79 Å². The summed E-state index contributed by atoms with van der Waals surface area (Å²) in [6, 6.07) is 9.74. The maximum absolute atomic E-state index is 13.0. The van der Waals surface area contributed by atoms with Crippen molar-refractivity contribution in [3.05, 3.63) is 69.0 Å². The molecular formula is C23H26N4O4. The van der Waals surface area contributed by atoms with Gasteiger partial charge in [0, 0.05) is 25.6 Å². The van der Waals surface area contributed by atoms with E-state index in [-0.39, 0.29) is 30.4 Å². The number of fused-ring (bicyclic) bond motifs is 3. The van der Waals surface area contributed by atoms with Crippen LogP contribution in [-0.4, -0.2) is 33.7 Å². The number of nitrogens with zero attached hydrogens (tertiary/aromatic N) is 3. The van der Waals surface area contributed by atoms with Crippen LogP contribution in [0.3, 0.4) is 0 Å². The van der Waals surface area contributed by atoms with Gasteiger partial charge in [0.25, 0.3) is 5.91 Å². The zero-order valence-electron chi connectivity index (χ0n) is 18.2. The topological polar surface area (TPSA) is 90.8 Å². The standard InChI is InChI=1S/C23H26N4O4/c1-5-19-17(13-30-4)12-20(31-19)22(28)24-8-9-26-23(29)27-18-10-14(2)6-7-16(18)11-15(3)21(27)25-26/h6-7,10-12H,5,8-9,13H2,1-4H3,(H,24,28). The Labute approximate surface area is 179 Å². The Balaban J connectivity index is 1.55. The second kappa shape index (κ2) is 8.39. The zero-order valence-corrected chi connectivity index (χ0v) is 18.2. The number of amides is 1. The number of pyridine rings is 1. The lowest BCUT2D eigenvalue weighted by atomic mass is 10.1. The largest absolute Gasteiger partial charge is 0.456 e. The van der Waals surface area contributed by atoms with Crippen LogP contribution in [0.4, 0.5) is 0 Å². The molecule has 0 bridgehead atoms. The predicted molar refractivity (Wildman–Crippen MR) is 118 cm³/mol. The Morgan fingerprint density at radius 3 is 2.77 bits per heavy atom. The minimum absolute atomic E-state index is 0.225. The number of benzene rings is 1. The van der Waals surface area contributed by atoms with Gasteiger partial charge in [0.2, 0.25) is 0 Å². The zero-order chi connectivity index (χ0) is 22.1. The Morgan fingerprint density at radius 1 is 1.23 bits per heavy atom. The van der Waals surface area contributed by atoms with E-state index in [2.05, 4.69) is 10.4 Å². The lowest BCUT2D eigenvalue weighted by molar-refractivity contribution is 0.0922. The van der Waals surface area contributed by atoms with Crippen molar-refractivity contribution in [2.75, 3.05) is 13.7 Å². The first kappa shape index (κ1) is 20.9. The van der Waals surface area contributed by atoms with Crippen LogP contribution in [0.25, 0.3) is 16.6 Å². The summed E-state index contributed by atoms with van der Waals surface area (Å²) in [5.41, 5.74) is 4.08. The van der Waals surface area contributed by atoms with Gasteiger partial charge in [-0.05, 0) is 48.6 Å². The van der Waals surface area contributed by atoms with Crippen molar-refractivity contribution in [3.63, 3.8) is 0 Å². The van der Waals surface area contributed by atoms with E-state index >= 15 is 0 Å². The number of rotatable bonds is 7. The molecule has 8 heteroatoms. The van der Waals surface area contributed by atoms with E-state index in [0.717, 1.165) is 33.4 Å². The molecule has 4 rings (SSSR count). The van der Waals surface area contributed by atoms with Gasteiger partial charge in [-0.15, -0.1) is 5.10 Å². The van der Waals surface area contributed by atoms with Gasteiger partial charge in [0.05, 0.1) is 18.7 Å². The van der Waals surface area contributed by atoms with Gasteiger partial charge in [-0.2, -0.15) is 0 Å². The highest BCUT2D eigenvalue weighted by Gasteiger charge is 2.17. The number of furan rings is 1. The molecule has 8 nitrogen and oxygen atoms in total. The van der Waals surface area contributed by atoms with Crippen LogP contribution in [-0.2, 0) is 24.3 Å². The third-order valence-electron chi connectivity index (χ3n) is 5.34. The van der Waals surface area contributed by atoms with Crippen LogP contribution >= 0.6 is 0 Å². The molecule has 1 aromatic carbocycles. The van der Waals surface area contributed by atoms with Crippen molar-refractivity contribution in [3.8, 4) is 0 Å². The number of carbonyl (C=O) groups is 1. The Kier molecular flexibility index (Phi) is 5.65. The highest BCUT2D eigenvalue weighted by atomic mass is 16.5. The average Bonchev–Trinajstić information content (AvgIpc) is 3.31. The molecule has 0 aliphatic rings. The number of methoxy groups -OCH3 is 1. The fourth-order valence-corrected chi connectivity index (χ4v) is 3.81. The Bertz CT molecular complexity index is 1330. The normalized spacial score (nSPS) is 11.5. The van der Waals surface area contributed by atoms with E-state index in [1.807, 2.05) is 45.0 Å². The minimum Gasteiger partial charge on any atom is -0.456 e. The van der Waals surface area contributed by atoms with E-state index in [4.69, 9.17) is 9.15 Å². The molecule has 0 aliphatic carbocycles. The molecule has 0 atom stereocenters. The number of aromatic nitrogens is 3. The molecule has 1 amide bonds. The second-order valence-electron chi connectivity index (χ2n) is 7.66. The first-order chi connectivity index (χ1) is 14.9. The van der Waals surface area contributed by atoms with Crippen molar-refractivity contribution in [2.24, 2.45) is 0 Å². The van der Waals surface area contributed by atoms with Crippen molar-refractivity contribution in [1.82, 2.24) is 19.5 Å². The number of hydrogen-bond donors (Lipinski definition) is 1. The molecule has 0 saturated heterocycles. The van der Waals surface area contributed by atoms with Gasteiger partial charge in [-0.25, -0.2) is 13.9 Å². The number of aryl methyl sites for hydroxylation is 3. The van der Waals surface area contributed by atoms with E-state index in [1.165, 1.54) is 4.68 Å². The summed E-state index contributed by atoms with van der Waals surface area (Å²) < 4.78 is 13.8. The molecule has 162 valence electrons. The van der Waals surface area contributed by atoms with Crippen molar-refractivity contribution in [2.45, 2.75) is 40.3 Å². The molecule has 0 aliphatic heterocycles. The molecule has 0 radical (unpaired) electrons. The van der Waals surface area contributed by atoms with E-state index in [0.29, 0.717) is 18.7 Å². The molecule has 3 aromatic heterocycles. The van der Waals surface area contributed by atoms with E-state index in [9.17, 15) is 9.59 Å². The second-order valence-corrected chi connectivity index (χ2v) is 7.66. The van der Waals surface area contributed by atoms with Crippen LogP contribution in [0.15, 0.2) is 39.5 Å². The molecule has 0 saturated carbocycles. The SMILES string of the molecule is CCc1oc(C(=O)NCCn2nc3c(C)cc4ccc(C)cc4n3c2=O)cc1COC. The summed E-state index contributed by atoms with van der Waals surface area (Å²) in [5, 5.41) is 8.28. The summed E-state index contributed by atoms with van der Waals surface area (Å²) in [5.74, 6) is 0.649. The first-order valence-corrected chi connectivity index (χ1v) is 10.3. The van der Waals surface area contributed by atoms with Gasteiger partial charge in [0.1, 0.15) is 5.76 Å². The molecule has 4 aromatic rings. The molecule has 1 N–H and O–H groups in total. The highest BCUT2D eigenvalue weighted by Crippen LogP contribution is 2.20. The van der Waals surface area contributed by atoms with Crippen molar-refractivity contribution >= 4 is 22.5 Å². The number of ether oxygens (including phenoxy) is 1. The fraction of sp³-hybridized carbons (Fsp3) is 0.348. The van der Waals surface area contributed by atoms with E-state index < -0.39 is 0 Å². The quantitative estimate of drug-likeness (QED) is 0.494. The lowest BCUT2D eigenvalue weighted by Gasteiger charge is -2.04. The van der Waals surface area contributed by atoms with Gasteiger partial charge < -0.3 is 14.5 Å². The monoisotopic (exact) mass is 422 g/mol. The van der Waals surface area contributed by atoms with Crippen LogP contribution in [0, 0.1) is 13.8 Å². The summed E-state index contributed by atoms with van der Waals surface area (Å²) in [7, 11) is 1.60. The van der Waals surface area contributed by atoms with Gasteiger partial charge >= 0.3 is 5.69 Å². The minimum atomic E-state index is -0.328. The van der Waals surface area contributed by atoms with Crippen molar-refractivity contribution in [1.29, 1.82) is 0 Å². The first-order valence-electron chi connectivity index (χ1n) is 10.3. The Hall–Kier alpha value is -3.39. The van der Waals surface area contributed by atoms with E-state index in [1.54, 1.807) is 17.6 Å². The third kappa shape index (κ3) is 3.86. The average molecular weight is 422 g/mol. The Morgan fingerprint density at radius 2 is 2.03 bits per heavy atom. The highest BCUT2D eigenvalue weighted by molar-refractivity contribution is 5.91. The maximum atomic E-state index is 13.0. The lowest BCUT2D eigenvalue weighted by Crippen LogP contribution is -2.31. The summed E-state index contributed by atoms with van der Waals surface area (Å²) in [6.45, 7) is 6.79. The number of nitrogens with one attached hydrogen (secondary N) is 1. The van der Waals surface area contributed by atoms with Crippen LogP contribution < -0.4 is 11.0 Å². The maximum Gasteiger partial charge on any atom is 0.350 e. The third-order valence-corrected chi connectivity index (χ3v) is 5.34. The summed E-state index contributed by atoms with van der Waals surface area (Å²) in [6.07, 6.45) is 0.676. The van der Waals surface area contributed by atoms with Gasteiger partial charge in [-0.1, -0.05) is 19.1 Å². The van der Waals surface area contributed by atoms with Gasteiger partial charge in [0.15, 0.2) is 11.4 Å². The summed E-state index contributed by atoms with van der Waals surface area (Å²) >= 11 is 0. The number of hydrogen-bond acceptors (Lipinski definition) is 5. The van der Waals surface area contributed by atoms with Crippen LogP contribution in [0.1, 0.15) is 39.9 Å². The summed E-state index contributed by atoms with van der Waals surface area (Å²) in [4.78, 5) is 25.5. The molecule has 3 heterocycles. The fourth-order valence-electron chi connectivity index (χ4n) is 3.81. The predicted octanol–water partition coefficient (Wildman–Crippen LogP) is 3.00. The molecular weight excluding hydrogens is 396 g/mol. The molecule has 31 heavy (non-hydrogen) atoms. The smallest absolute Gasteiger partial charge is 0.350 e. The molecule has 0 fully saturated rings. The molecule has 0 spiro atoms. The molecule has 0 unspecified atom stereocenters.